The van der Waals surface area contributed by atoms with Crippen LogP contribution in [0.1, 0.15) is 21.5 Å². The lowest BCUT2D eigenvalue weighted by Gasteiger charge is -2.01. The molecule has 0 saturated heterocycles. The standard InChI is InChI=1S/C21H19N2O2/c1-25-20-6-4-19(5-7-20)21(24)16-23-14-10-18(11-15-23)3-2-17-8-12-22-13-9-17/h2-15H,16H2,1H3/q+1/b3-2+. The first-order valence-corrected chi connectivity index (χ1v) is 7.99. The normalized spacial score (nSPS) is 10.8. The molecule has 4 nitrogen and oxygen atoms in total. The molecule has 0 aliphatic rings. The number of pyridine rings is 2. The molecule has 0 radical (unpaired) electrons. The van der Waals surface area contributed by atoms with Crippen LogP contribution in [0.2, 0.25) is 0 Å². The van der Waals surface area contributed by atoms with Crippen LogP contribution in [0.4, 0.5) is 0 Å². The average Bonchev–Trinajstić information content (AvgIpc) is 2.68. The zero-order valence-electron chi connectivity index (χ0n) is 14.0. The second-order valence-electron chi connectivity index (χ2n) is 5.57. The fourth-order valence-corrected chi connectivity index (χ4v) is 2.39. The van der Waals surface area contributed by atoms with Gasteiger partial charge in [-0.2, -0.15) is 4.57 Å². The van der Waals surface area contributed by atoms with Crippen LogP contribution in [0.15, 0.2) is 73.3 Å². The van der Waals surface area contributed by atoms with Crippen LogP contribution in [0.3, 0.4) is 0 Å². The summed E-state index contributed by atoms with van der Waals surface area (Å²) in [6.45, 7) is 0.306. The van der Waals surface area contributed by atoms with Crippen molar-refractivity contribution in [1.29, 1.82) is 0 Å². The minimum Gasteiger partial charge on any atom is -0.497 e. The first kappa shape index (κ1) is 16.6. The van der Waals surface area contributed by atoms with Gasteiger partial charge in [0.2, 0.25) is 12.3 Å². The van der Waals surface area contributed by atoms with Crippen molar-refractivity contribution in [3.05, 3.63) is 90.0 Å². The lowest BCUT2D eigenvalue weighted by atomic mass is 10.1. The third-order valence-electron chi connectivity index (χ3n) is 3.83. The Hall–Kier alpha value is -3.27. The Morgan fingerprint density at radius 3 is 2.16 bits per heavy atom. The second kappa shape index (κ2) is 8.02. The molecular formula is C21H19N2O2+. The van der Waals surface area contributed by atoms with Crippen molar-refractivity contribution >= 4 is 17.9 Å². The summed E-state index contributed by atoms with van der Waals surface area (Å²) in [6.07, 6.45) is 11.4. The van der Waals surface area contributed by atoms with Gasteiger partial charge < -0.3 is 4.74 Å². The van der Waals surface area contributed by atoms with Crippen LogP contribution >= 0.6 is 0 Å². The van der Waals surface area contributed by atoms with Crippen LogP contribution in [0, 0.1) is 0 Å². The second-order valence-corrected chi connectivity index (χ2v) is 5.57. The van der Waals surface area contributed by atoms with Gasteiger partial charge in [-0.3, -0.25) is 9.78 Å². The van der Waals surface area contributed by atoms with Crippen molar-refractivity contribution in [2.24, 2.45) is 0 Å². The number of methoxy groups -OCH3 is 1. The van der Waals surface area contributed by atoms with E-state index in [-0.39, 0.29) is 5.78 Å². The molecule has 3 rings (SSSR count). The molecule has 4 heteroatoms. The third kappa shape index (κ3) is 4.61. The molecule has 0 aliphatic heterocycles. The van der Waals surface area contributed by atoms with E-state index in [1.807, 2.05) is 53.4 Å². The molecule has 2 heterocycles. The van der Waals surface area contributed by atoms with E-state index in [1.54, 1.807) is 43.8 Å². The van der Waals surface area contributed by atoms with Crippen molar-refractivity contribution in [3.8, 4) is 5.75 Å². The van der Waals surface area contributed by atoms with Gasteiger partial charge in [0.15, 0.2) is 12.4 Å². The zero-order chi connectivity index (χ0) is 17.5. The number of carbonyl (C=O) groups excluding carboxylic acids is 1. The minimum atomic E-state index is 0.0627. The first-order valence-electron chi connectivity index (χ1n) is 7.99. The molecule has 1 aromatic carbocycles. The van der Waals surface area contributed by atoms with Crippen LogP contribution < -0.4 is 9.30 Å². The molecule has 124 valence electrons. The Labute approximate surface area is 147 Å². The summed E-state index contributed by atoms with van der Waals surface area (Å²) in [5, 5.41) is 0. The lowest BCUT2D eigenvalue weighted by molar-refractivity contribution is -0.683. The highest BCUT2D eigenvalue weighted by atomic mass is 16.5. The number of hydrogen-bond donors (Lipinski definition) is 0. The maximum atomic E-state index is 12.3. The van der Waals surface area contributed by atoms with E-state index in [2.05, 4.69) is 4.98 Å². The van der Waals surface area contributed by atoms with E-state index in [1.165, 1.54) is 0 Å². The van der Waals surface area contributed by atoms with E-state index in [9.17, 15) is 4.79 Å². The number of aromatic nitrogens is 2. The summed E-state index contributed by atoms with van der Waals surface area (Å²) in [7, 11) is 1.61. The molecular weight excluding hydrogens is 312 g/mol. The van der Waals surface area contributed by atoms with Crippen molar-refractivity contribution in [2.45, 2.75) is 6.54 Å². The molecule has 25 heavy (non-hydrogen) atoms. The summed E-state index contributed by atoms with van der Waals surface area (Å²) in [6, 6.07) is 15.0. The highest BCUT2D eigenvalue weighted by Crippen LogP contribution is 2.12. The van der Waals surface area contributed by atoms with Crippen molar-refractivity contribution < 1.29 is 14.1 Å². The van der Waals surface area contributed by atoms with Crippen LogP contribution in [0.5, 0.6) is 5.75 Å². The van der Waals surface area contributed by atoms with Gasteiger partial charge in [0, 0.05) is 30.1 Å². The zero-order valence-corrected chi connectivity index (χ0v) is 14.0. The Morgan fingerprint density at radius 2 is 1.56 bits per heavy atom. The number of ketones is 1. The Morgan fingerprint density at radius 1 is 0.960 bits per heavy atom. The molecule has 0 bridgehead atoms. The molecule has 0 saturated carbocycles. The fraction of sp³-hybridized carbons (Fsp3) is 0.0952. The number of benzene rings is 1. The van der Waals surface area contributed by atoms with E-state index in [4.69, 9.17) is 4.74 Å². The molecule has 3 aromatic rings. The van der Waals surface area contributed by atoms with Gasteiger partial charge in [-0.25, -0.2) is 0 Å². The fourth-order valence-electron chi connectivity index (χ4n) is 2.39. The van der Waals surface area contributed by atoms with Gasteiger partial charge in [-0.15, -0.1) is 0 Å². The highest BCUT2D eigenvalue weighted by Gasteiger charge is 2.11. The smallest absolute Gasteiger partial charge is 0.227 e. The number of nitrogens with zero attached hydrogens (tertiary/aromatic N) is 2. The van der Waals surface area contributed by atoms with Gasteiger partial charge in [0.1, 0.15) is 5.75 Å². The monoisotopic (exact) mass is 331 g/mol. The summed E-state index contributed by atoms with van der Waals surface area (Å²) in [5.41, 5.74) is 2.85. The number of rotatable bonds is 6. The molecule has 0 aliphatic carbocycles. The van der Waals surface area contributed by atoms with Crippen molar-refractivity contribution in [3.63, 3.8) is 0 Å². The molecule has 0 unspecified atom stereocenters. The molecule has 0 spiro atoms. The van der Waals surface area contributed by atoms with Gasteiger partial charge in [0.05, 0.1) is 7.11 Å². The first-order chi connectivity index (χ1) is 12.2. The minimum absolute atomic E-state index is 0.0627. The topological polar surface area (TPSA) is 43.1 Å². The third-order valence-corrected chi connectivity index (χ3v) is 3.83. The van der Waals surface area contributed by atoms with Gasteiger partial charge >= 0.3 is 0 Å². The lowest BCUT2D eigenvalue weighted by Crippen LogP contribution is -2.37. The van der Waals surface area contributed by atoms with Gasteiger partial charge in [-0.1, -0.05) is 12.2 Å². The summed E-state index contributed by atoms with van der Waals surface area (Å²) in [4.78, 5) is 16.3. The predicted octanol–water partition coefficient (Wildman–Crippen LogP) is 3.43. The number of ether oxygens (including phenoxy) is 1. The molecule has 0 fully saturated rings. The van der Waals surface area contributed by atoms with Crippen molar-refractivity contribution in [2.75, 3.05) is 7.11 Å². The van der Waals surface area contributed by atoms with E-state index >= 15 is 0 Å². The summed E-state index contributed by atoms with van der Waals surface area (Å²) in [5.74, 6) is 0.808. The van der Waals surface area contributed by atoms with Crippen LogP contribution in [-0.2, 0) is 6.54 Å². The number of hydrogen-bond acceptors (Lipinski definition) is 3. The summed E-state index contributed by atoms with van der Waals surface area (Å²) >= 11 is 0. The molecule has 0 amide bonds. The maximum absolute atomic E-state index is 12.3. The Kier molecular flexibility index (Phi) is 5.32. The van der Waals surface area contributed by atoms with Crippen LogP contribution in [0.25, 0.3) is 12.2 Å². The highest BCUT2D eigenvalue weighted by molar-refractivity contribution is 5.95. The SMILES string of the molecule is COc1ccc(C(=O)C[n+]2ccc(/C=C/c3ccncc3)cc2)cc1. The Balaban J connectivity index is 1.63. The quantitative estimate of drug-likeness (QED) is 0.513. The van der Waals surface area contributed by atoms with E-state index in [0.717, 1.165) is 16.9 Å². The summed E-state index contributed by atoms with van der Waals surface area (Å²) < 4.78 is 6.98. The molecule has 0 N–H and O–H groups in total. The number of Topliss-reactive ketones (excluding diaryl/α,β-unsaturated/α-hetero) is 1. The largest absolute Gasteiger partial charge is 0.497 e. The molecule has 2 aromatic heterocycles. The Bertz CT molecular complexity index is 855. The molecule has 0 atom stereocenters. The van der Waals surface area contributed by atoms with Gasteiger partial charge in [0.25, 0.3) is 0 Å². The predicted molar refractivity (Wildman–Crippen MR) is 97.1 cm³/mol. The average molecular weight is 331 g/mol. The maximum Gasteiger partial charge on any atom is 0.227 e. The van der Waals surface area contributed by atoms with E-state index in [0.29, 0.717) is 12.1 Å². The van der Waals surface area contributed by atoms with E-state index < -0.39 is 0 Å². The number of carbonyl (C=O) groups is 1. The van der Waals surface area contributed by atoms with Crippen molar-refractivity contribution in [1.82, 2.24) is 4.98 Å². The van der Waals surface area contributed by atoms with Gasteiger partial charge in [-0.05, 0) is 47.5 Å². The van der Waals surface area contributed by atoms with Crippen LogP contribution in [-0.4, -0.2) is 17.9 Å².